The molecule has 0 fully saturated rings. The largest absolute Gasteiger partial charge is 0.500 e. The monoisotopic (exact) mass is 817 g/mol. The van der Waals surface area contributed by atoms with E-state index in [0.717, 1.165) is 0 Å². The van der Waals surface area contributed by atoms with Crippen LogP contribution in [0.3, 0.4) is 0 Å². The molecule has 1 amide bonds. The summed E-state index contributed by atoms with van der Waals surface area (Å²) in [7, 11) is 1.55. The van der Waals surface area contributed by atoms with Crippen LogP contribution < -0.4 is 0 Å². The molecule has 0 bridgehead atoms. The smallest absolute Gasteiger partial charge is 0.377 e. The molecule has 0 atom stereocenters. The Labute approximate surface area is 288 Å². The Morgan fingerprint density at radius 2 is 0.902 bits per heavy atom. The van der Waals surface area contributed by atoms with E-state index in [1.165, 1.54) is 42.7 Å². The molecule has 0 saturated heterocycles. The topological polar surface area (TPSA) is 113 Å². The van der Waals surface area contributed by atoms with Gasteiger partial charge in [0.2, 0.25) is 0 Å². The lowest BCUT2D eigenvalue weighted by atomic mass is 10.1. The molecule has 0 aromatic rings. The van der Waals surface area contributed by atoms with Gasteiger partial charge in [0.1, 0.15) is 32.7 Å². The Balaban J connectivity index is 5.66. The molecule has 0 aliphatic heterocycles. The van der Waals surface area contributed by atoms with E-state index in [-0.39, 0.29) is 24.9 Å². The Morgan fingerprint density at radius 1 is 0.529 bits per heavy atom. The normalized spacial score (nSPS) is 14.3. The number of methoxy groups -OCH3 is 1. The van der Waals surface area contributed by atoms with Crippen LogP contribution >= 0.6 is 0 Å². The average molecular weight is 818 g/mol. The fourth-order valence-electron chi connectivity index (χ4n) is 4.37. The van der Waals surface area contributed by atoms with Crippen molar-refractivity contribution in [2.75, 3.05) is 82.7 Å². The summed E-state index contributed by atoms with van der Waals surface area (Å²) in [5, 5.41) is 0. The highest BCUT2D eigenvalue weighted by atomic mass is 28.4. The Morgan fingerprint density at radius 3 is 1.27 bits per heavy atom. The van der Waals surface area contributed by atoms with Gasteiger partial charge in [0, 0.05) is 74.9 Å². The minimum atomic E-state index is -5.51. The summed E-state index contributed by atoms with van der Waals surface area (Å²) in [6.07, 6.45) is -26.8. The predicted octanol–water partition coefficient (Wildman–Crippen LogP) is 5.47. The van der Waals surface area contributed by atoms with Crippen molar-refractivity contribution in [1.82, 2.24) is 4.90 Å². The highest BCUT2D eigenvalue weighted by molar-refractivity contribution is 6.60. The molecule has 0 aromatic heterocycles. The van der Waals surface area contributed by atoms with Gasteiger partial charge < -0.3 is 40.9 Å². The van der Waals surface area contributed by atoms with E-state index in [0.29, 0.717) is 12.0 Å². The molecule has 0 saturated carbocycles. The molecule has 12 nitrogen and oxygen atoms in total. The van der Waals surface area contributed by atoms with Crippen molar-refractivity contribution in [3.8, 4) is 0 Å². The van der Waals surface area contributed by atoms with E-state index in [4.69, 9.17) is 26.6 Å². The van der Waals surface area contributed by atoms with Gasteiger partial charge in [-0.2, -0.15) is 43.9 Å². The molecule has 51 heavy (non-hydrogen) atoms. The fourth-order valence-corrected chi connectivity index (χ4v) is 7.78. The summed E-state index contributed by atoms with van der Waals surface area (Å²) in [6.45, 7) is -7.69. The van der Waals surface area contributed by atoms with E-state index < -0.39 is 106 Å². The van der Waals surface area contributed by atoms with Crippen molar-refractivity contribution >= 4 is 23.5 Å². The minimum absolute atomic E-state index is 0.0335. The molecule has 0 aromatic carbocycles. The van der Waals surface area contributed by atoms with Crippen LogP contribution in [0.5, 0.6) is 0 Å². The second-order valence-corrected chi connectivity index (χ2v) is 16.9. The van der Waals surface area contributed by atoms with Gasteiger partial charge in [-0.3, -0.25) is 14.3 Å². The number of rotatable bonds is 29. The van der Waals surface area contributed by atoms with Gasteiger partial charge in [-0.15, -0.1) is 0 Å². The van der Waals surface area contributed by atoms with Gasteiger partial charge in [-0.1, -0.05) is 0 Å². The quantitative estimate of drug-likeness (QED) is 0.0708. The minimum Gasteiger partial charge on any atom is -0.377 e. The number of nitrogens with zero attached hydrogens (tertiary/aromatic N) is 1. The van der Waals surface area contributed by atoms with Crippen molar-refractivity contribution in [2.45, 2.75) is 74.1 Å². The van der Waals surface area contributed by atoms with Gasteiger partial charge in [0.15, 0.2) is 0 Å². The number of ether oxygens (including phenoxy) is 4. The van der Waals surface area contributed by atoms with Crippen LogP contribution in [0.1, 0.15) is 25.7 Å². The molecule has 0 heterocycles. The van der Waals surface area contributed by atoms with Crippen molar-refractivity contribution in [3.63, 3.8) is 0 Å². The van der Waals surface area contributed by atoms with E-state index in [2.05, 4.69) is 18.9 Å². The standard InChI is InChI=1S/C25H43F12NO11Si2/c1-40-17-24(34,35)48-22(30,31)14-20(26,27)16-47-18-25(36,37)49-23(32,33)15-21(28,29)19(39)38(10-8-12-50(41-2,42-3)43-4)11-9-13-51(44-5,45-6)46-7/h8-18H2,1-7H3. The molecule has 0 unspecified atom stereocenters. The van der Waals surface area contributed by atoms with Crippen LogP contribution in [-0.4, -0.2) is 147 Å². The first kappa shape index (κ1) is 49.7. The first-order valence-corrected chi connectivity index (χ1v) is 18.4. The third-order valence-corrected chi connectivity index (χ3v) is 12.3. The number of hydrogen-bond acceptors (Lipinski definition) is 11. The zero-order valence-corrected chi connectivity index (χ0v) is 30.8. The molecule has 26 heteroatoms. The molecular formula is C25H43F12NO11Si2. The third kappa shape index (κ3) is 18.0. The molecule has 306 valence electrons. The summed E-state index contributed by atoms with van der Waals surface area (Å²) in [5.41, 5.74) is 0. The van der Waals surface area contributed by atoms with Crippen LogP contribution in [0.4, 0.5) is 52.7 Å². The maximum Gasteiger partial charge on any atom is 0.500 e. The molecule has 0 rings (SSSR count). The Kier molecular flexibility index (Phi) is 19.8. The highest BCUT2D eigenvalue weighted by Gasteiger charge is 2.56. The molecule has 0 N–H and O–H groups in total. The SMILES string of the molecule is COCC(F)(F)OC(F)(F)CC(F)(F)COCC(F)(F)OC(F)(F)CC(F)(F)C(=O)N(CCC[Si](OC)(OC)OC)CCC[Si](OC)(OC)OC. The number of amides is 1. The lowest BCUT2D eigenvalue weighted by Gasteiger charge is -2.32. The zero-order valence-electron chi connectivity index (χ0n) is 28.8. The van der Waals surface area contributed by atoms with E-state index in [1.54, 1.807) is 0 Å². The second kappa shape index (κ2) is 20.4. The first-order valence-electron chi connectivity index (χ1n) is 14.5. The number of carbonyl (C=O) groups is 1. The number of hydrogen-bond donors (Lipinski definition) is 0. The van der Waals surface area contributed by atoms with Gasteiger partial charge in [-0.25, -0.2) is 8.78 Å². The van der Waals surface area contributed by atoms with Crippen molar-refractivity contribution in [1.29, 1.82) is 0 Å². The van der Waals surface area contributed by atoms with Gasteiger partial charge in [0.25, 0.3) is 11.8 Å². The summed E-state index contributed by atoms with van der Waals surface area (Å²) >= 11 is 0. The third-order valence-electron chi connectivity index (χ3n) is 6.67. The summed E-state index contributed by atoms with van der Waals surface area (Å²) < 4.78 is 213. The molecule has 0 radical (unpaired) electrons. The highest BCUT2D eigenvalue weighted by Crippen LogP contribution is 2.39. The van der Waals surface area contributed by atoms with E-state index >= 15 is 0 Å². The number of alkyl halides is 12. The summed E-state index contributed by atoms with van der Waals surface area (Å²) in [6, 6.07) is -0.0670. The molecular weight excluding hydrogens is 774 g/mol. The van der Waals surface area contributed by atoms with Gasteiger partial charge in [-0.05, 0) is 12.8 Å². The van der Waals surface area contributed by atoms with Crippen LogP contribution in [-0.2, 0) is 50.3 Å². The van der Waals surface area contributed by atoms with Crippen molar-refractivity contribution in [3.05, 3.63) is 0 Å². The lowest BCUT2D eigenvalue weighted by Crippen LogP contribution is -2.50. The van der Waals surface area contributed by atoms with Crippen LogP contribution in [0.15, 0.2) is 0 Å². The van der Waals surface area contributed by atoms with Crippen LogP contribution in [0.2, 0.25) is 12.1 Å². The van der Waals surface area contributed by atoms with Crippen LogP contribution in [0, 0.1) is 0 Å². The van der Waals surface area contributed by atoms with Gasteiger partial charge >= 0.3 is 48.0 Å². The predicted molar refractivity (Wildman–Crippen MR) is 153 cm³/mol. The lowest BCUT2D eigenvalue weighted by molar-refractivity contribution is -0.400. The average Bonchev–Trinajstić information content (AvgIpc) is 2.98. The number of carbonyl (C=O) groups excluding carboxylic acids is 1. The summed E-state index contributed by atoms with van der Waals surface area (Å²) in [4.78, 5) is 13.3. The molecule has 0 aliphatic rings. The Hall–Kier alpha value is -1.34. The molecule has 0 aliphatic carbocycles. The van der Waals surface area contributed by atoms with Crippen LogP contribution in [0.25, 0.3) is 0 Å². The van der Waals surface area contributed by atoms with E-state index in [9.17, 15) is 57.5 Å². The summed E-state index contributed by atoms with van der Waals surface area (Å²) in [5.74, 6) is -12.2. The Bertz CT molecular complexity index is 988. The van der Waals surface area contributed by atoms with Crippen molar-refractivity contribution in [2.24, 2.45) is 0 Å². The van der Waals surface area contributed by atoms with Gasteiger partial charge in [0.05, 0.1) is 0 Å². The maximum atomic E-state index is 15.0. The molecule has 0 spiro atoms. The first-order chi connectivity index (χ1) is 23.2. The van der Waals surface area contributed by atoms with E-state index in [1.807, 2.05) is 0 Å². The van der Waals surface area contributed by atoms with Crippen molar-refractivity contribution < 1.29 is 103 Å². The maximum absolute atomic E-state index is 15.0. The fraction of sp³-hybridized carbons (Fsp3) is 0.960. The zero-order chi connectivity index (χ0) is 40.0. The number of halogens is 12. The second-order valence-electron chi connectivity index (χ2n) is 10.7.